The highest BCUT2D eigenvalue weighted by molar-refractivity contribution is 6.24. The first-order chi connectivity index (χ1) is 14.0. The molecule has 8 nitrogen and oxygen atoms in total. The summed E-state index contributed by atoms with van der Waals surface area (Å²) in [6.45, 7) is 2.48. The van der Waals surface area contributed by atoms with Gasteiger partial charge in [-0.3, -0.25) is 34.3 Å². The first kappa shape index (κ1) is 19.7. The number of benzene rings is 1. The molecule has 29 heavy (non-hydrogen) atoms. The van der Waals surface area contributed by atoms with Gasteiger partial charge in [0.05, 0.1) is 11.1 Å². The maximum atomic E-state index is 13.2. The molecule has 0 bridgehead atoms. The summed E-state index contributed by atoms with van der Waals surface area (Å²) in [5.41, 5.74) is 1.52. The smallest absolute Gasteiger partial charge is 0.262 e. The number of nitrogens with one attached hydrogen (secondary N) is 2. The van der Waals surface area contributed by atoms with E-state index in [4.69, 9.17) is 0 Å². The third-order valence-electron chi connectivity index (χ3n) is 6.12. The van der Waals surface area contributed by atoms with Crippen molar-refractivity contribution < 1.29 is 19.2 Å². The topological polar surface area (TPSA) is 98.8 Å². The molecule has 2 N–H and O–H groups in total. The molecular weight excluding hydrogens is 372 g/mol. The number of imide groups is 2. The molecule has 1 aromatic carbocycles. The van der Waals surface area contributed by atoms with Gasteiger partial charge in [-0.2, -0.15) is 0 Å². The van der Waals surface area contributed by atoms with E-state index in [1.165, 1.54) is 6.42 Å². The number of fused-ring (bicyclic) bond motifs is 1. The summed E-state index contributed by atoms with van der Waals surface area (Å²) in [6.07, 6.45) is 3.70. The van der Waals surface area contributed by atoms with E-state index in [2.05, 4.69) is 15.5 Å². The quantitative estimate of drug-likeness (QED) is 0.723. The lowest BCUT2D eigenvalue weighted by Crippen LogP contribution is -2.54. The van der Waals surface area contributed by atoms with Crippen LogP contribution in [0, 0.1) is 0 Å². The molecule has 2 atom stereocenters. The number of piperidine rings is 1. The van der Waals surface area contributed by atoms with Gasteiger partial charge in [0.15, 0.2) is 0 Å². The first-order valence-electron chi connectivity index (χ1n) is 10.2. The number of rotatable bonds is 4. The van der Waals surface area contributed by atoms with Crippen molar-refractivity contribution in [3.8, 4) is 0 Å². The Kier molecular flexibility index (Phi) is 5.47. The van der Waals surface area contributed by atoms with Crippen LogP contribution in [0.1, 0.15) is 58.4 Å². The standard InChI is InChI=1S/C21H26N4O4/c1-24(14-6-2-3-10-22-11-14)12-13-5-4-7-15-18(13)21(29)25(20(15)28)16-8-9-17(26)23-19(16)27/h4-5,7,14,16,22H,2-3,6,8-12H2,1H3,(H,23,26,27). The van der Waals surface area contributed by atoms with Gasteiger partial charge in [0.25, 0.3) is 11.8 Å². The van der Waals surface area contributed by atoms with Gasteiger partial charge < -0.3 is 5.32 Å². The van der Waals surface area contributed by atoms with Gasteiger partial charge in [0.2, 0.25) is 11.8 Å². The monoisotopic (exact) mass is 398 g/mol. The molecule has 2 fully saturated rings. The Morgan fingerprint density at radius 1 is 1.10 bits per heavy atom. The van der Waals surface area contributed by atoms with E-state index in [-0.39, 0.29) is 18.7 Å². The Morgan fingerprint density at radius 2 is 1.93 bits per heavy atom. The molecule has 1 aromatic rings. The number of hydrogen-bond donors (Lipinski definition) is 2. The minimum atomic E-state index is -0.934. The molecule has 4 amide bonds. The highest BCUT2D eigenvalue weighted by Gasteiger charge is 2.45. The van der Waals surface area contributed by atoms with Crippen molar-refractivity contribution in [2.24, 2.45) is 0 Å². The molecule has 8 heteroatoms. The van der Waals surface area contributed by atoms with Crippen molar-refractivity contribution in [1.29, 1.82) is 0 Å². The second-order valence-electron chi connectivity index (χ2n) is 8.06. The zero-order chi connectivity index (χ0) is 20.5. The third-order valence-corrected chi connectivity index (χ3v) is 6.12. The van der Waals surface area contributed by atoms with E-state index in [1.807, 2.05) is 13.1 Å². The maximum Gasteiger partial charge on any atom is 0.262 e. The molecule has 0 saturated carbocycles. The summed E-state index contributed by atoms with van der Waals surface area (Å²) in [5.74, 6) is -1.86. The lowest BCUT2D eigenvalue weighted by Gasteiger charge is -2.28. The molecule has 0 aliphatic carbocycles. The molecule has 2 saturated heterocycles. The zero-order valence-electron chi connectivity index (χ0n) is 16.6. The molecule has 0 aromatic heterocycles. The second-order valence-corrected chi connectivity index (χ2v) is 8.06. The van der Waals surface area contributed by atoms with Crippen LogP contribution in [0.25, 0.3) is 0 Å². The lowest BCUT2D eigenvalue weighted by atomic mass is 10.0. The van der Waals surface area contributed by atoms with Crippen molar-refractivity contribution in [1.82, 2.24) is 20.4 Å². The number of hydrogen-bond acceptors (Lipinski definition) is 6. The summed E-state index contributed by atoms with van der Waals surface area (Å²) >= 11 is 0. The second kappa shape index (κ2) is 8.04. The van der Waals surface area contributed by atoms with Crippen LogP contribution in [-0.4, -0.2) is 65.6 Å². The van der Waals surface area contributed by atoms with Crippen molar-refractivity contribution in [2.45, 2.75) is 50.7 Å². The fourth-order valence-corrected chi connectivity index (χ4v) is 4.49. The first-order valence-corrected chi connectivity index (χ1v) is 10.2. The minimum Gasteiger partial charge on any atom is -0.315 e. The fraction of sp³-hybridized carbons (Fsp3) is 0.524. The highest BCUT2D eigenvalue weighted by atomic mass is 16.2. The van der Waals surface area contributed by atoms with Crippen LogP contribution in [0.15, 0.2) is 18.2 Å². The lowest BCUT2D eigenvalue weighted by molar-refractivity contribution is -0.136. The molecular formula is C21H26N4O4. The highest BCUT2D eigenvalue weighted by Crippen LogP contribution is 2.30. The van der Waals surface area contributed by atoms with E-state index < -0.39 is 23.8 Å². The molecule has 3 heterocycles. The summed E-state index contributed by atoms with van der Waals surface area (Å²) < 4.78 is 0. The zero-order valence-corrected chi connectivity index (χ0v) is 16.6. The van der Waals surface area contributed by atoms with E-state index in [9.17, 15) is 19.2 Å². The molecule has 4 rings (SSSR count). The van der Waals surface area contributed by atoms with Gasteiger partial charge in [-0.25, -0.2) is 0 Å². The Labute approximate surface area is 169 Å². The van der Waals surface area contributed by atoms with Crippen LogP contribution in [0.2, 0.25) is 0 Å². The maximum absolute atomic E-state index is 13.2. The van der Waals surface area contributed by atoms with Crippen molar-refractivity contribution in [3.63, 3.8) is 0 Å². The number of nitrogens with zero attached hydrogens (tertiary/aromatic N) is 2. The van der Waals surface area contributed by atoms with Crippen LogP contribution in [0.5, 0.6) is 0 Å². The molecule has 3 aliphatic rings. The predicted octanol–water partition coefficient (Wildman–Crippen LogP) is 0.662. The van der Waals surface area contributed by atoms with Gasteiger partial charge >= 0.3 is 0 Å². The van der Waals surface area contributed by atoms with Gasteiger partial charge in [0, 0.05) is 25.6 Å². The van der Waals surface area contributed by atoms with Crippen LogP contribution >= 0.6 is 0 Å². The average molecular weight is 398 g/mol. The van der Waals surface area contributed by atoms with Gasteiger partial charge in [-0.15, -0.1) is 0 Å². The summed E-state index contributed by atoms with van der Waals surface area (Å²) in [6, 6.07) is 4.73. The van der Waals surface area contributed by atoms with E-state index in [0.29, 0.717) is 23.7 Å². The van der Waals surface area contributed by atoms with Crippen molar-refractivity contribution in [3.05, 3.63) is 34.9 Å². The number of likely N-dealkylation sites (N-methyl/N-ethyl adjacent to an activating group) is 1. The molecule has 2 unspecified atom stereocenters. The largest absolute Gasteiger partial charge is 0.315 e. The molecule has 0 radical (unpaired) electrons. The Hall–Kier alpha value is -2.58. The Morgan fingerprint density at radius 3 is 2.72 bits per heavy atom. The summed E-state index contributed by atoms with van der Waals surface area (Å²) in [4.78, 5) is 53.0. The van der Waals surface area contributed by atoms with E-state index >= 15 is 0 Å². The average Bonchev–Trinajstić information content (AvgIpc) is 2.87. The van der Waals surface area contributed by atoms with Crippen LogP contribution in [0.3, 0.4) is 0 Å². The van der Waals surface area contributed by atoms with Crippen molar-refractivity contribution in [2.75, 3.05) is 20.1 Å². The van der Waals surface area contributed by atoms with Crippen LogP contribution < -0.4 is 10.6 Å². The van der Waals surface area contributed by atoms with Gasteiger partial charge in [-0.05, 0) is 44.5 Å². The number of carbonyl (C=O) groups is 4. The molecule has 154 valence electrons. The Balaban J connectivity index is 1.57. The van der Waals surface area contributed by atoms with E-state index in [1.54, 1.807) is 12.1 Å². The third kappa shape index (κ3) is 3.70. The predicted molar refractivity (Wildman–Crippen MR) is 105 cm³/mol. The SMILES string of the molecule is CN(Cc1cccc2c1C(=O)N(C1CCC(=O)NC1=O)C2=O)C1CCCCNC1. The minimum absolute atomic E-state index is 0.119. The van der Waals surface area contributed by atoms with E-state index in [0.717, 1.165) is 36.4 Å². The normalized spacial score (nSPS) is 25.2. The van der Waals surface area contributed by atoms with Crippen LogP contribution in [-0.2, 0) is 16.1 Å². The Bertz CT molecular complexity index is 860. The summed E-state index contributed by atoms with van der Waals surface area (Å²) in [5, 5.41) is 5.68. The fourth-order valence-electron chi connectivity index (χ4n) is 4.49. The number of carbonyl (C=O) groups excluding carboxylic acids is 4. The molecule has 0 spiro atoms. The van der Waals surface area contributed by atoms with Crippen LogP contribution in [0.4, 0.5) is 0 Å². The van der Waals surface area contributed by atoms with Gasteiger partial charge in [-0.1, -0.05) is 18.6 Å². The van der Waals surface area contributed by atoms with Gasteiger partial charge in [0.1, 0.15) is 6.04 Å². The summed E-state index contributed by atoms with van der Waals surface area (Å²) in [7, 11) is 2.04. The van der Waals surface area contributed by atoms with Crippen molar-refractivity contribution >= 4 is 23.6 Å². The molecule has 3 aliphatic heterocycles. The number of amides is 4.